The van der Waals surface area contributed by atoms with E-state index in [0.717, 1.165) is 0 Å². The van der Waals surface area contributed by atoms with Gasteiger partial charge in [0, 0.05) is 20.9 Å². The fourth-order valence-electron chi connectivity index (χ4n) is 1.05. The molecule has 0 fully saturated rings. The molecule has 0 aliphatic carbocycles. The van der Waals surface area contributed by atoms with Gasteiger partial charge in [0.2, 0.25) is 0 Å². The molecule has 0 aromatic heterocycles. The van der Waals surface area contributed by atoms with Crippen LogP contribution in [0.1, 0.15) is 20.3 Å². The molecule has 0 aromatic rings. The molecule has 4 nitrogen and oxygen atoms in total. The molecular formula is C8H17Br3NaO4P. The summed E-state index contributed by atoms with van der Waals surface area (Å²) in [5, 5.41) is 1.30. The third-order valence-electron chi connectivity index (χ3n) is 2.12. The summed E-state index contributed by atoms with van der Waals surface area (Å²) in [5.41, 5.74) is -0.352. The van der Waals surface area contributed by atoms with Gasteiger partial charge in [-0.25, -0.2) is 4.57 Å². The van der Waals surface area contributed by atoms with Gasteiger partial charge in [-0.2, -0.15) is 0 Å². The van der Waals surface area contributed by atoms with E-state index >= 15 is 0 Å². The van der Waals surface area contributed by atoms with E-state index in [-0.39, 0.29) is 39.8 Å². The second kappa shape index (κ2) is 9.48. The molecule has 9 heteroatoms. The zero-order valence-corrected chi connectivity index (χ0v) is 14.7. The first-order valence-electron chi connectivity index (χ1n) is 4.62. The van der Waals surface area contributed by atoms with E-state index in [0.29, 0.717) is 17.1 Å². The van der Waals surface area contributed by atoms with Crippen LogP contribution in [0.5, 0.6) is 0 Å². The van der Waals surface area contributed by atoms with Crippen molar-refractivity contribution in [3.63, 3.8) is 0 Å². The van der Waals surface area contributed by atoms with Gasteiger partial charge in [0.25, 0.3) is 0 Å². The van der Waals surface area contributed by atoms with Crippen molar-refractivity contribution in [3.8, 4) is 0 Å². The normalized spacial score (nSPS) is 16.2. The van der Waals surface area contributed by atoms with Gasteiger partial charge in [-0.15, -0.1) is 0 Å². The quantitative estimate of drug-likeness (QED) is 0.341. The van der Waals surface area contributed by atoms with Gasteiger partial charge in [-0.3, -0.25) is 4.52 Å². The van der Waals surface area contributed by atoms with Gasteiger partial charge in [0.15, 0.2) is 0 Å². The molecule has 0 spiro atoms. The first kappa shape index (κ1) is 21.8. The Labute approximate surface area is 150 Å². The summed E-state index contributed by atoms with van der Waals surface area (Å²) in [4.78, 5) is 17.9. The molecule has 17 heavy (non-hydrogen) atoms. The first-order chi connectivity index (χ1) is 7.12. The number of hydrogen-bond donors (Lipinski definition) is 2. The minimum atomic E-state index is -4.46. The predicted octanol–water partition coefficient (Wildman–Crippen LogP) is 2.79. The molecule has 2 unspecified atom stereocenters. The van der Waals surface area contributed by atoms with Crippen LogP contribution in [0.15, 0.2) is 0 Å². The molecular weight excluding hydrogens is 454 g/mol. The van der Waals surface area contributed by atoms with E-state index in [1.807, 2.05) is 13.8 Å². The van der Waals surface area contributed by atoms with E-state index in [1.54, 1.807) is 0 Å². The average Bonchev–Trinajstić information content (AvgIpc) is 2.14. The topological polar surface area (TPSA) is 66.8 Å². The molecule has 0 aromatic carbocycles. The maximum atomic E-state index is 10.9. The Morgan fingerprint density at radius 1 is 1.35 bits per heavy atom. The zero-order chi connectivity index (χ0) is 13.0. The van der Waals surface area contributed by atoms with E-state index in [1.165, 1.54) is 0 Å². The maximum absolute atomic E-state index is 10.9. The van der Waals surface area contributed by atoms with Crippen LogP contribution in [0.25, 0.3) is 0 Å². The van der Waals surface area contributed by atoms with Crippen molar-refractivity contribution in [1.82, 2.24) is 0 Å². The number of phosphoric ester groups is 1. The number of alkyl halides is 3. The summed E-state index contributed by atoms with van der Waals surface area (Å²) < 4.78 is 15.8. The third kappa shape index (κ3) is 9.99. The second-order valence-corrected chi connectivity index (χ2v) is 7.89. The fourth-order valence-corrected chi connectivity index (χ4v) is 2.72. The van der Waals surface area contributed by atoms with E-state index in [4.69, 9.17) is 14.3 Å². The Bertz CT molecular complexity index is 261. The summed E-state index contributed by atoms with van der Waals surface area (Å²) in [6.45, 7) is 3.80. The van der Waals surface area contributed by atoms with Crippen LogP contribution < -0.4 is 0 Å². The molecule has 0 bridgehead atoms. The minimum absolute atomic E-state index is 0. The number of hydrogen-bond acceptors (Lipinski definition) is 2. The number of rotatable bonds is 7. The Morgan fingerprint density at radius 3 is 2.12 bits per heavy atom. The summed E-state index contributed by atoms with van der Waals surface area (Å²) in [6, 6.07) is 0. The summed E-state index contributed by atoms with van der Waals surface area (Å²) >= 11 is 10.0. The molecule has 2 atom stereocenters. The van der Waals surface area contributed by atoms with Gasteiger partial charge in [0.05, 0.1) is 6.10 Å². The number of phosphoric acid groups is 1. The van der Waals surface area contributed by atoms with E-state index in [2.05, 4.69) is 47.8 Å². The summed E-state index contributed by atoms with van der Waals surface area (Å²) in [5.74, 6) is 0. The average molecular weight is 471 g/mol. The molecule has 0 aliphatic rings. The fraction of sp³-hybridized carbons (Fsp3) is 1.00. The Balaban J connectivity index is 0. The van der Waals surface area contributed by atoms with Crippen molar-refractivity contribution in [1.29, 1.82) is 0 Å². The second-order valence-electron chi connectivity index (χ2n) is 4.19. The van der Waals surface area contributed by atoms with Gasteiger partial charge in [-0.1, -0.05) is 61.6 Å². The first-order valence-corrected chi connectivity index (χ1v) is 9.31. The third-order valence-corrected chi connectivity index (χ3v) is 6.44. The summed E-state index contributed by atoms with van der Waals surface area (Å²) in [7, 11) is -4.46. The van der Waals surface area contributed by atoms with Gasteiger partial charge < -0.3 is 9.79 Å². The Kier molecular flexibility index (Phi) is 12.2. The number of halogens is 3. The van der Waals surface area contributed by atoms with Crippen molar-refractivity contribution in [2.45, 2.75) is 31.2 Å². The van der Waals surface area contributed by atoms with Crippen LogP contribution in [-0.4, -0.2) is 60.9 Å². The molecule has 0 aliphatic heterocycles. The van der Waals surface area contributed by atoms with E-state index < -0.39 is 13.9 Å². The van der Waals surface area contributed by atoms with Crippen LogP contribution in [0.4, 0.5) is 0 Å². The van der Waals surface area contributed by atoms with Crippen LogP contribution in [0.2, 0.25) is 0 Å². The Morgan fingerprint density at radius 2 is 1.82 bits per heavy atom. The van der Waals surface area contributed by atoms with Crippen molar-refractivity contribution in [2.24, 2.45) is 5.41 Å². The van der Waals surface area contributed by atoms with E-state index in [9.17, 15) is 4.57 Å². The van der Waals surface area contributed by atoms with Gasteiger partial charge in [-0.05, 0) is 6.42 Å². The predicted molar refractivity (Wildman–Crippen MR) is 82.8 cm³/mol. The molecule has 0 amide bonds. The standard InChI is InChI=1S/C8H16Br3O4P.Na.H/c1-8(2,5-10)7(3-6(11)4-9)15-16(12,13)14;;/h6-7H,3-5H2,1-2H3,(H2,12,13,14);;. The molecule has 0 saturated carbocycles. The molecule has 2 N–H and O–H groups in total. The molecule has 0 heterocycles. The van der Waals surface area contributed by atoms with Crippen LogP contribution in [0, 0.1) is 5.41 Å². The van der Waals surface area contributed by atoms with Crippen LogP contribution in [-0.2, 0) is 9.09 Å². The van der Waals surface area contributed by atoms with Crippen molar-refractivity contribution in [2.75, 3.05) is 10.7 Å². The van der Waals surface area contributed by atoms with Crippen LogP contribution >= 0.6 is 55.6 Å². The molecule has 100 valence electrons. The summed E-state index contributed by atoms with van der Waals surface area (Å²) in [6.07, 6.45) is 0.00392. The molecule has 0 radical (unpaired) electrons. The zero-order valence-electron chi connectivity index (χ0n) is 9.07. The SMILES string of the molecule is CC(C)(CBr)C(CC(Br)CBr)OP(=O)(O)O.[NaH]. The monoisotopic (exact) mass is 468 g/mol. The van der Waals surface area contributed by atoms with Crippen molar-refractivity contribution >= 4 is 85.2 Å². The molecule has 0 saturated heterocycles. The Hall–Kier alpha value is 2.55. The molecule has 0 rings (SSSR count). The van der Waals surface area contributed by atoms with Crippen molar-refractivity contribution in [3.05, 3.63) is 0 Å². The van der Waals surface area contributed by atoms with Crippen molar-refractivity contribution < 1.29 is 18.9 Å². The van der Waals surface area contributed by atoms with Gasteiger partial charge >= 0.3 is 37.4 Å². The van der Waals surface area contributed by atoms with Crippen LogP contribution in [0.3, 0.4) is 0 Å². The van der Waals surface area contributed by atoms with Gasteiger partial charge in [0.1, 0.15) is 0 Å².